The molecule has 4 rings (SSSR count). The second-order valence-corrected chi connectivity index (χ2v) is 21.8. The van der Waals surface area contributed by atoms with Crippen molar-refractivity contribution in [2.24, 2.45) is 34.0 Å². The maximum Gasteiger partial charge on any atom is 0.326 e. The van der Waals surface area contributed by atoms with Crippen molar-refractivity contribution in [1.29, 1.82) is 0 Å². The normalized spacial score (nSPS) is 14.7. The minimum absolute atomic E-state index is 0.0297. The average molecular weight is 1260 g/mol. The Kier molecular flexibility index (Phi) is 28.6. The third-order valence-electron chi connectivity index (χ3n) is 14.8. The minimum atomic E-state index is -2.00. The Morgan fingerprint density at radius 1 is 0.500 bits per heavy atom. The zero-order valence-corrected chi connectivity index (χ0v) is 50.2. The number of carbonyl (C=O) groups excluding carboxylic acids is 8. The van der Waals surface area contributed by atoms with Crippen LogP contribution in [0.4, 0.5) is 0 Å². The lowest BCUT2D eigenvalue weighted by molar-refractivity contribution is -0.144. The molecule has 30 heteroatoms. The predicted octanol–water partition coefficient (Wildman–Crippen LogP) is -0.848. The first-order chi connectivity index (χ1) is 42.6. The molecule has 0 saturated carbocycles. The van der Waals surface area contributed by atoms with Crippen molar-refractivity contribution in [3.8, 4) is 5.75 Å². The number of carbonyl (C=O) groups is 12. The highest BCUT2D eigenvalue weighted by Gasteiger charge is 2.38. The molecule has 488 valence electrons. The fourth-order valence-corrected chi connectivity index (χ4v) is 9.37. The summed E-state index contributed by atoms with van der Waals surface area (Å²) < 4.78 is 0. The van der Waals surface area contributed by atoms with Gasteiger partial charge in [0.05, 0.1) is 18.9 Å². The second kappa shape index (κ2) is 35.6. The van der Waals surface area contributed by atoms with E-state index in [9.17, 15) is 83.1 Å². The predicted molar refractivity (Wildman–Crippen MR) is 325 cm³/mol. The van der Waals surface area contributed by atoms with Gasteiger partial charge in [0, 0.05) is 42.9 Å². The highest BCUT2D eigenvalue weighted by Crippen LogP contribution is 2.21. The number of aromatic nitrogens is 1. The lowest BCUT2D eigenvalue weighted by Gasteiger charge is -2.30. The van der Waals surface area contributed by atoms with Gasteiger partial charge < -0.3 is 90.3 Å². The maximum absolute atomic E-state index is 14.9. The molecule has 0 unspecified atom stereocenters. The number of carboxylic acids is 4. The number of phenols is 1. The van der Waals surface area contributed by atoms with Gasteiger partial charge in [0.15, 0.2) is 5.96 Å². The number of aromatic amines is 1. The highest BCUT2D eigenvalue weighted by molar-refractivity contribution is 6.00. The van der Waals surface area contributed by atoms with Gasteiger partial charge in [-0.15, -0.1) is 0 Å². The van der Waals surface area contributed by atoms with Crippen LogP contribution >= 0.6 is 0 Å². The van der Waals surface area contributed by atoms with Crippen LogP contribution in [0.1, 0.15) is 95.8 Å². The summed E-state index contributed by atoms with van der Waals surface area (Å²) in [5, 5.41) is 69.2. The summed E-state index contributed by atoms with van der Waals surface area (Å²) in [5.41, 5.74) is 19.5. The number of para-hydroxylation sites is 1. The van der Waals surface area contributed by atoms with Crippen molar-refractivity contribution < 1.29 is 83.1 Å². The zero-order chi connectivity index (χ0) is 66.8. The molecular weight excluding hydrogens is 1170 g/mol. The van der Waals surface area contributed by atoms with Crippen LogP contribution in [0.3, 0.4) is 0 Å². The summed E-state index contributed by atoms with van der Waals surface area (Å²) in [4.78, 5) is 169. The fourth-order valence-electron chi connectivity index (χ4n) is 9.37. The Hall–Kier alpha value is -10.1. The first-order valence-electron chi connectivity index (χ1n) is 29.1. The molecule has 1 aromatic heterocycles. The topological polar surface area (TPSA) is 508 Å². The molecule has 0 spiro atoms. The Balaban J connectivity index is 1.65. The van der Waals surface area contributed by atoms with Crippen LogP contribution < -0.4 is 59.7 Å². The van der Waals surface area contributed by atoms with Crippen LogP contribution in [-0.4, -0.2) is 169 Å². The number of aliphatic imine (C=N–C) groups is 1. The van der Waals surface area contributed by atoms with Crippen molar-refractivity contribution in [2.75, 3.05) is 6.54 Å². The van der Waals surface area contributed by atoms with Gasteiger partial charge in [-0.2, -0.15) is 0 Å². The molecule has 0 fully saturated rings. The molecule has 90 heavy (non-hydrogen) atoms. The van der Waals surface area contributed by atoms with Crippen molar-refractivity contribution in [2.45, 2.75) is 153 Å². The number of aliphatic carboxylic acids is 4. The number of guanidine groups is 1. The van der Waals surface area contributed by atoms with Crippen LogP contribution in [0.25, 0.3) is 10.9 Å². The van der Waals surface area contributed by atoms with Gasteiger partial charge in [0.1, 0.15) is 54.1 Å². The van der Waals surface area contributed by atoms with Gasteiger partial charge in [-0.3, -0.25) is 57.7 Å². The fraction of sp³-hybridized carbons (Fsp3) is 0.450. The lowest BCUT2D eigenvalue weighted by Crippen LogP contribution is -2.62. The van der Waals surface area contributed by atoms with E-state index in [1.165, 1.54) is 31.2 Å². The van der Waals surface area contributed by atoms with E-state index < -0.39 is 163 Å². The molecule has 3 aromatic carbocycles. The number of hydrogen-bond donors (Lipinski definition) is 17. The van der Waals surface area contributed by atoms with Crippen molar-refractivity contribution in [3.63, 3.8) is 0 Å². The maximum atomic E-state index is 14.9. The van der Waals surface area contributed by atoms with Gasteiger partial charge >= 0.3 is 23.9 Å². The van der Waals surface area contributed by atoms with Gasteiger partial charge in [0.25, 0.3) is 0 Å². The Labute approximate surface area is 517 Å². The molecule has 0 bridgehead atoms. The monoisotopic (exact) mass is 1260 g/mol. The molecule has 0 aliphatic rings. The number of phenolic OH excluding ortho intramolecular Hbond substituents is 1. The molecule has 11 atom stereocenters. The minimum Gasteiger partial charge on any atom is -0.508 e. The average Bonchev–Trinajstić information content (AvgIpc) is 3.04. The number of nitrogens with two attached hydrogens (primary N) is 3. The molecule has 0 aliphatic carbocycles. The first-order valence-corrected chi connectivity index (χ1v) is 29.1. The van der Waals surface area contributed by atoms with E-state index in [1.807, 2.05) is 0 Å². The quantitative estimate of drug-likeness (QED) is 0.0148. The summed E-state index contributed by atoms with van der Waals surface area (Å²) in [6.45, 7) is 6.31. The summed E-state index contributed by atoms with van der Waals surface area (Å²) in [6.07, 6.45) is -2.04. The number of carboxylic acid groups (broad SMARTS) is 4. The number of rotatable bonds is 38. The van der Waals surface area contributed by atoms with E-state index in [4.69, 9.17) is 17.2 Å². The summed E-state index contributed by atoms with van der Waals surface area (Å²) in [5.74, 6) is -16.3. The number of aromatic hydroxyl groups is 1. The van der Waals surface area contributed by atoms with E-state index >= 15 is 0 Å². The van der Waals surface area contributed by atoms with Gasteiger partial charge in [-0.25, -0.2) is 4.79 Å². The number of fused-ring (bicyclic) bond motifs is 1. The van der Waals surface area contributed by atoms with Crippen LogP contribution in [0.15, 0.2) is 90.1 Å². The van der Waals surface area contributed by atoms with E-state index in [-0.39, 0.29) is 63.2 Å². The molecule has 1 heterocycles. The van der Waals surface area contributed by atoms with Crippen LogP contribution in [0.5, 0.6) is 5.75 Å². The van der Waals surface area contributed by atoms with Gasteiger partial charge in [0.2, 0.25) is 47.3 Å². The summed E-state index contributed by atoms with van der Waals surface area (Å²) in [6, 6.07) is 6.38. The molecule has 30 nitrogen and oxygen atoms in total. The van der Waals surface area contributed by atoms with Gasteiger partial charge in [-0.05, 0) is 72.4 Å². The molecule has 0 aliphatic heterocycles. The number of amides is 8. The third-order valence-corrected chi connectivity index (χ3v) is 14.8. The van der Waals surface area contributed by atoms with E-state index in [1.54, 1.807) is 81.6 Å². The first kappa shape index (κ1) is 72.3. The summed E-state index contributed by atoms with van der Waals surface area (Å²) >= 11 is 0. The number of nitrogens with one attached hydrogen (secondary N) is 9. The van der Waals surface area contributed by atoms with Crippen LogP contribution in [0, 0.1) is 11.8 Å². The third kappa shape index (κ3) is 23.5. The van der Waals surface area contributed by atoms with Crippen molar-refractivity contribution in [1.82, 2.24) is 47.5 Å². The molecule has 20 N–H and O–H groups in total. The molecule has 0 radical (unpaired) electrons. The van der Waals surface area contributed by atoms with E-state index in [2.05, 4.69) is 52.5 Å². The van der Waals surface area contributed by atoms with E-state index in [0.29, 0.717) is 27.6 Å². The van der Waals surface area contributed by atoms with Crippen molar-refractivity contribution >= 4 is 88.0 Å². The Morgan fingerprint density at radius 3 is 1.50 bits per heavy atom. The van der Waals surface area contributed by atoms with Gasteiger partial charge in [-0.1, -0.05) is 101 Å². The largest absolute Gasteiger partial charge is 0.508 e. The SMILES string of the molecule is CC[C@H](C)[C@H](NC(=O)[C@H](CC(=O)O)NC(=O)[C@H](CCCN=C(N)N)NC(=O)[C@H](Cc1c[nH]c2ccccc12)NC(=O)[C@@H](NC(=O)[C@H](CCC(=O)O)NC(=O)[C@@H](N)Cc1ccc(O)cc1)[C@@H](C)CC)C(=O)N[C@@H](CC(=O)O)C(=O)N[C@@H](Cc1ccccc1)C(=O)O. The van der Waals surface area contributed by atoms with Crippen LogP contribution in [-0.2, 0) is 76.8 Å². The number of benzene rings is 3. The van der Waals surface area contributed by atoms with E-state index in [0.717, 1.165) is 0 Å². The number of H-pyrrole nitrogens is 1. The lowest BCUT2D eigenvalue weighted by atomic mass is 9.96. The van der Waals surface area contributed by atoms with Crippen LogP contribution in [0.2, 0.25) is 0 Å². The zero-order valence-electron chi connectivity index (χ0n) is 50.2. The molecular formula is C60H81N13O17. The molecule has 0 saturated heterocycles. The summed E-state index contributed by atoms with van der Waals surface area (Å²) in [7, 11) is 0. The van der Waals surface area contributed by atoms with Crippen molar-refractivity contribution in [3.05, 3.63) is 102 Å². The smallest absolute Gasteiger partial charge is 0.326 e. The Morgan fingerprint density at radius 2 is 0.956 bits per heavy atom. The molecule has 4 aromatic rings. The Bertz CT molecular complexity index is 3190. The number of hydrogen-bond acceptors (Lipinski definition) is 15. The number of nitrogens with zero attached hydrogens (tertiary/aromatic N) is 1. The second-order valence-electron chi connectivity index (χ2n) is 21.8. The molecule has 8 amide bonds. The highest BCUT2D eigenvalue weighted by atomic mass is 16.4. The standard InChI is InChI=1S/C60H81N13O17/c1-5-31(3)49(72-53(83)41(22-23-46(75)76)66-51(81)38(61)25-34-18-20-36(74)21-19-34)57(87)69-42(27-35-30-65-39-16-11-10-15-37(35)39)54(84)67-40(17-12-24-64-60(62)63)52(82)68-44(29-48(79)80)56(86)73-50(32(4)6-2)58(88)70-43(28-47(77)78)55(85)71-45(59(89)90)26-33-13-8-7-9-14-33/h7-11,13-16,18-21,30-32,38,40-45,49-50,65,74H,5-6,12,17,22-29,61H2,1-4H3,(H,66,81)(H,67,84)(H,68,82)(H,69,87)(H,70,88)(H,71,85)(H,72,83)(H,73,86)(H,75,76)(H,77,78)(H,79,80)(H,89,90)(H4,62,63,64)/t31-,32-,38-,40-,41-,42-,43-,44-,45-,49-,50-/m0/s1.